The average molecular weight is 397 g/mol. The summed E-state index contributed by atoms with van der Waals surface area (Å²) in [4.78, 5) is 24.5. The molecule has 0 bridgehead atoms. The second kappa shape index (κ2) is 13.6. The summed E-state index contributed by atoms with van der Waals surface area (Å²) in [7, 11) is -2.45. The van der Waals surface area contributed by atoms with Gasteiger partial charge in [0.05, 0.1) is 0 Å². The van der Waals surface area contributed by atoms with Crippen molar-refractivity contribution in [2.24, 2.45) is 0 Å². The maximum atomic E-state index is 12.6. The van der Waals surface area contributed by atoms with Gasteiger partial charge in [-0.1, -0.05) is 95.5 Å². The number of carboxylic acid groups (broad SMARTS) is 1. The van der Waals surface area contributed by atoms with Crippen LogP contribution in [0.5, 0.6) is 0 Å². The van der Waals surface area contributed by atoms with E-state index in [1.54, 1.807) is 6.92 Å². The van der Waals surface area contributed by atoms with Crippen LogP contribution in [-0.4, -0.2) is 27.2 Å². The van der Waals surface area contributed by atoms with Crippen LogP contribution in [0.25, 0.3) is 0 Å². The molecule has 0 aliphatic rings. The third-order valence-corrected chi connectivity index (χ3v) is 8.34. The van der Waals surface area contributed by atoms with Gasteiger partial charge >= 0.3 is 10.6 Å². The van der Waals surface area contributed by atoms with Gasteiger partial charge in [0.2, 0.25) is 0 Å². The summed E-state index contributed by atoms with van der Waals surface area (Å²) < 4.78 is 5.40. The zero-order valence-electron chi connectivity index (χ0n) is 17.0. The fraction of sp³-hybridized carbons (Fsp3) is 0.636. The smallest absolute Gasteiger partial charge is 0.359 e. The molecule has 154 valence electrons. The maximum absolute atomic E-state index is 12.6. The summed E-state index contributed by atoms with van der Waals surface area (Å²) >= 11 is 0. The fourth-order valence-electron chi connectivity index (χ4n) is 3.12. The number of ether oxygens (including phenoxy) is 1. The third-order valence-electron chi connectivity index (χ3n) is 4.94. The molecule has 1 rings (SSSR count). The molecule has 5 heteroatoms. The van der Waals surface area contributed by atoms with E-state index >= 15 is 0 Å². The molecule has 0 amide bonds. The van der Waals surface area contributed by atoms with Gasteiger partial charge < -0.3 is 9.84 Å². The van der Waals surface area contributed by atoms with Crippen molar-refractivity contribution < 1.29 is 19.4 Å². The minimum Gasteiger partial charge on any atom is -0.474 e. The van der Waals surface area contributed by atoms with Crippen molar-refractivity contribution in [2.75, 3.05) is 11.5 Å². The molecular formula is C22H36O4S. The molecule has 1 aromatic rings. The SMILES string of the molecule is CCCCCCCCCCCS(CC)(C(=O)O)C(=O)OCc1ccccc1. The van der Waals surface area contributed by atoms with E-state index in [0.717, 1.165) is 24.8 Å². The monoisotopic (exact) mass is 396 g/mol. The molecule has 1 unspecified atom stereocenters. The van der Waals surface area contributed by atoms with Crippen molar-refractivity contribution in [1.82, 2.24) is 0 Å². The van der Waals surface area contributed by atoms with Crippen molar-refractivity contribution in [3.63, 3.8) is 0 Å². The molecule has 0 fully saturated rings. The topological polar surface area (TPSA) is 63.6 Å². The van der Waals surface area contributed by atoms with Crippen LogP contribution in [0, 0.1) is 0 Å². The largest absolute Gasteiger partial charge is 0.474 e. The number of carbonyl (C=O) groups is 2. The van der Waals surface area contributed by atoms with E-state index in [0.29, 0.717) is 11.5 Å². The Morgan fingerprint density at radius 2 is 1.44 bits per heavy atom. The number of hydrogen-bond donors (Lipinski definition) is 1. The molecule has 0 aliphatic heterocycles. The predicted octanol–water partition coefficient (Wildman–Crippen LogP) is 7.36. The Balaban J connectivity index is 2.41. The van der Waals surface area contributed by atoms with Gasteiger partial charge in [0, 0.05) is 0 Å². The first-order chi connectivity index (χ1) is 13.1. The molecule has 0 radical (unpaired) electrons. The molecule has 0 aromatic heterocycles. The van der Waals surface area contributed by atoms with Crippen LogP contribution in [0.1, 0.15) is 77.2 Å². The first-order valence-electron chi connectivity index (χ1n) is 10.3. The van der Waals surface area contributed by atoms with E-state index in [1.807, 2.05) is 30.3 Å². The van der Waals surface area contributed by atoms with E-state index in [4.69, 9.17) is 4.74 Å². The Bertz CT molecular complexity index is 547. The van der Waals surface area contributed by atoms with E-state index in [2.05, 4.69) is 6.92 Å². The number of unbranched alkanes of at least 4 members (excludes halogenated alkanes) is 8. The number of hydrogen-bond acceptors (Lipinski definition) is 3. The predicted molar refractivity (Wildman–Crippen MR) is 115 cm³/mol. The molecule has 0 saturated carbocycles. The van der Waals surface area contributed by atoms with Crippen molar-refractivity contribution >= 4 is 20.6 Å². The quantitative estimate of drug-likeness (QED) is 0.279. The summed E-state index contributed by atoms with van der Waals surface area (Å²) in [6.07, 6.45) is 10.5. The number of rotatable bonds is 13. The fourth-order valence-corrected chi connectivity index (χ4v) is 5.35. The lowest BCUT2D eigenvalue weighted by atomic mass is 10.1. The van der Waals surface area contributed by atoms with E-state index < -0.39 is 20.6 Å². The number of benzene rings is 1. The molecule has 0 heterocycles. The zero-order chi connectivity index (χ0) is 20.0. The lowest BCUT2D eigenvalue weighted by Crippen LogP contribution is -2.26. The molecule has 4 nitrogen and oxygen atoms in total. The lowest BCUT2D eigenvalue weighted by Gasteiger charge is -2.31. The van der Waals surface area contributed by atoms with Crippen LogP contribution >= 0.6 is 10.0 Å². The Morgan fingerprint density at radius 1 is 0.889 bits per heavy atom. The van der Waals surface area contributed by atoms with Gasteiger partial charge in [-0.2, -0.15) is 0 Å². The first-order valence-corrected chi connectivity index (χ1v) is 12.3. The highest BCUT2D eigenvalue weighted by atomic mass is 32.3. The van der Waals surface area contributed by atoms with Gasteiger partial charge in [0.25, 0.3) is 0 Å². The minimum absolute atomic E-state index is 0.138. The van der Waals surface area contributed by atoms with Crippen LogP contribution in [-0.2, 0) is 11.3 Å². The molecule has 1 N–H and O–H groups in total. The summed E-state index contributed by atoms with van der Waals surface area (Å²) in [6.45, 7) is 4.15. The molecule has 0 saturated heterocycles. The standard InChI is InChI=1S/C22H36O4S/c1-3-5-6-7-8-9-10-11-15-18-27(4-2,21(23)24)22(25)26-19-20-16-13-12-14-17-20/h12-14,16-17H,3-11,15,18-19H2,1-2H3,(H,23,24). The molecule has 0 spiro atoms. The van der Waals surface area contributed by atoms with E-state index in [-0.39, 0.29) is 6.61 Å². The summed E-state index contributed by atoms with van der Waals surface area (Å²) in [5.41, 5.74) is 0.878. The normalized spacial score (nSPS) is 14.3. The number of carbonyl (C=O) groups excluding carboxylic acids is 1. The van der Waals surface area contributed by atoms with Crippen molar-refractivity contribution in [1.29, 1.82) is 0 Å². The summed E-state index contributed by atoms with van der Waals surface area (Å²) in [5.74, 6) is 0.773. The van der Waals surface area contributed by atoms with Crippen LogP contribution in [0.2, 0.25) is 0 Å². The van der Waals surface area contributed by atoms with Gasteiger partial charge in [-0.3, -0.25) is 0 Å². The maximum Gasteiger partial charge on any atom is 0.359 e. The Hall–Kier alpha value is -1.49. The van der Waals surface area contributed by atoms with Crippen LogP contribution in [0.3, 0.4) is 0 Å². The van der Waals surface area contributed by atoms with Crippen LogP contribution in [0.4, 0.5) is 9.59 Å². The third kappa shape index (κ3) is 8.37. The van der Waals surface area contributed by atoms with Crippen LogP contribution in [0.15, 0.2) is 30.3 Å². The van der Waals surface area contributed by atoms with Crippen molar-refractivity contribution in [3.05, 3.63) is 35.9 Å². The molecule has 27 heavy (non-hydrogen) atoms. The first kappa shape index (κ1) is 23.5. The zero-order valence-corrected chi connectivity index (χ0v) is 17.8. The highest BCUT2D eigenvalue weighted by Crippen LogP contribution is 2.51. The van der Waals surface area contributed by atoms with Gasteiger partial charge in [-0.05, 0) is 33.5 Å². The highest BCUT2D eigenvalue weighted by Gasteiger charge is 2.39. The second-order valence-electron chi connectivity index (χ2n) is 6.99. The van der Waals surface area contributed by atoms with Gasteiger partial charge in [-0.25, -0.2) is 9.59 Å². The highest BCUT2D eigenvalue weighted by molar-refractivity contribution is 8.55. The Labute approximate surface area is 166 Å². The van der Waals surface area contributed by atoms with E-state index in [9.17, 15) is 14.7 Å². The summed E-state index contributed by atoms with van der Waals surface area (Å²) in [5, 5.41) is 8.24. The van der Waals surface area contributed by atoms with Gasteiger partial charge in [0.15, 0.2) is 0 Å². The average Bonchev–Trinajstić information content (AvgIpc) is 2.68. The molecular weight excluding hydrogens is 360 g/mol. The molecule has 1 atom stereocenters. The molecule has 0 aliphatic carbocycles. The van der Waals surface area contributed by atoms with Crippen LogP contribution < -0.4 is 0 Å². The van der Waals surface area contributed by atoms with Crippen molar-refractivity contribution in [3.8, 4) is 0 Å². The second-order valence-corrected chi connectivity index (χ2v) is 10.4. The lowest BCUT2D eigenvalue weighted by molar-refractivity contribution is 0.167. The van der Waals surface area contributed by atoms with Gasteiger partial charge in [-0.15, -0.1) is 0 Å². The Kier molecular flexibility index (Phi) is 11.9. The van der Waals surface area contributed by atoms with Gasteiger partial charge in [0.1, 0.15) is 6.61 Å². The summed E-state index contributed by atoms with van der Waals surface area (Å²) in [6, 6.07) is 9.40. The molecule has 1 aromatic carbocycles. The Morgan fingerprint density at radius 3 is 1.96 bits per heavy atom. The van der Waals surface area contributed by atoms with E-state index in [1.165, 1.54) is 38.5 Å². The van der Waals surface area contributed by atoms with Crippen molar-refractivity contribution in [2.45, 2.75) is 78.2 Å². The minimum atomic E-state index is -2.45.